The number of aliphatic hydroxyl groups excluding tert-OH is 1. The lowest BCUT2D eigenvalue weighted by Crippen LogP contribution is -2.41. The van der Waals surface area contributed by atoms with Gasteiger partial charge in [0.2, 0.25) is 0 Å². The maximum atomic E-state index is 8.75. The standard InChI is InChI=1S/C9H20N2O3/c1-13-11(4-7-12)3-2-10-5-8-14-9-6-10/h12H,2-9H2,1H3. The Morgan fingerprint density at radius 3 is 2.64 bits per heavy atom. The number of rotatable bonds is 6. The Labute approximate surface area is 85.1 Å². The third-order valence-corrected chi connectivity index (χ3v) is 2.38. The highest BCUT2D eigenvalue weighted by molar-refractivity contribution is 4.62. The third kappa shape index (κ3) is 4.34. The van der Waals surface area contributed by atoms with E-state index in [1.54, 1.807) is 12.2 Å². The van der Waals surface area contributed by atoms with Gasteiger partial charge < -0.3 is 14.7 Å². The fourth-order valence-electron chi connectivity index (χ4n) is 1.48. The van der Waals surface area contributed by atoms with Crippen LogP contribution in [0.3, 0.4) is 0 Å². The lowest BCUT2D eigenvalue weighted by molar-refractivity contribution is -0.141. The molecule has 5 heteroatoms. The molecule has 5 nitrogen and oxygen atoms in total. The molecule has 0 amide bonds. The highest BCUT2D eigenvalue weighted by Gasteiger charge is 2.11. The lowest BCUT2D eigenvalue weighted by Gasteiger charge is -2.28. The molecule has 0 unspecified atom stereocenters. The number of ether oxygens (including phenoxy) is 1. The van der Waals surface area contributed by atoms with Crippen LogP contribution >= 0.6 is 0 Å². The van der Waals surface area contributed by atoms with Crippen LogP contribution in [0.2, 0.25) is 0 Å². The van der Waals surface area contributed by atoms with Crippen molar-refractivity contribution >= 4 is 0 Å². The highest BCUT2D eigenvalue weighted by Crippen LogP contribution is 1.97. The first-order chi connectivity index (χ1) is 6.86. The predicted octanol–water partition coefficient (Wildman–Crippen LogP) is -0.826. The normalized spacial score (nSPS) is 19.1. The molecule has 0 aromatic carbocycles. The summed E-state index contributed by atoms with van der Waals surface area (Å²) in [6.45, 7) is 6.15. The van der Waals surface area contributed by atoms with Crippen molar-refractivity contribution in [2.75, 3.05) is 59.7 Å². The molecule has 0 atom stereocenters. The summed E-state index contributed by atoms with van der Waals surface area (Å²) < 4.78 is 5.25. The fourth-order valence-corrected chi connectivity index (χ4v) is 1.48. The van der Waals surface area contributed by atoms with Crippen LogP contribution < -0.4 is 0 Å². The fraction of sp³-hybridized carbons (Fsp3) is 1.00. The molecule has 1 N–H and O–H groups in total. The topological polar surface area (TPSA) is 45.2 Å². The highest BCUT2D eigenvalue weighted by atomic mass is 16.7. The molecule has 1 rings (SSSR count). The van der Waals surface area contributed by atoms with Gasteiger partial charge in [-0.3, -0.25) is 4.90 Å². The van der Waals surface area contributed by atoms with Crippen LogP contribution in [-0.4, -0.2) is 74.7 Å². The molecule has 1 aliphatic heterocycles. The molecule has 0 aliphatic carbocycles. The maximum Gasteiger partial charge on any atom is 0.0594 e. The van der Waals surface area contributed by atoms with Gasteiger partial charge >= 0.3 is 0 Å². The summed E-state index contributed by atoms with van der Waals surface area (Å²) in [6, 6.07) is 0. The van der Waals surface area contributed by atoms with Gasteiger partial charge in [-0.05, 0) is 0 Å². The minimum Gasteiger partial charge on any atom is -0.395 e. The summed E-state index contributed by atoms with van der Waals surface area (Å²) in [5, 5.41) is 10.5. The summed E-state index contributed by atoms with van der Waals surface area (Å²) in [4.78, 5) is 7.44. The molecule has 14 heavy (non-hydrogen) atoms. The van der Waals surface area contributed by atoms with Gasteiger partial charge in [-0.25, -0.2) is 0 Å². The smallest absolute Gasteiger partial charge is 0.0594 e. The van der Waals surface area contributed by atoms with E-state index in [1.165, 1.54) is 0 Å². The lowest BCUT2D eigenvalue weighted by atomic mass is 10.4. The average Bonchev–Trinajstić information content (AvgIpc) is 2.25. The van der Waals surface area contributed by atoms with Crippen molar-refractivity contribution in [2.45, 2.75) is 0 Å². The van der Waals surface area contributed by atoms with Gasteiger partial charge in [0.15, 0.2) is 0 Å². The first kappa shape index (κ1) is 11.9. The molecule has 0 aromatic heterocycles. The summed E-state index contributed by atoms with van der Waals surface area (Å²) in [6.07, 6.45) is 0. The van der Waals surface area contributed by atoms with Crippen LogP contribution in [0.4, 0.5) is 0 Å². The van der Waals surface area contributed by atoms with E-state index in [0.717, 1.165) is 39.4 Å². The zero-order valence-electron chi connectivity index (χ0n) is 8.81. The minimum atomic E-state index is 0.136. The van der Waals surface area contributed by atoms with E-state index in [-0.39, 0.29) is 6.61 Å². The van der Waals surface area contributed by atoms with Crippen molar-refractivity contribution in [3.8, 4) is 0 Å². The summed E-state index contributed by atoms with van der Waals surface area (Å²) >= 11 is 0. The van der Waals surface area contributed by atoms with E-state index in [1.807, 2.05) is 0 Å². The Kier molecular flexibility index (Phi) is 6.05. The molecule has 1 saturated heterocycles. The molecule has 0 radical (unpaired) electrons. The van der Waals surface area contributed by atoms with Crippen molar-refractivity contribution in [2.24, 2.45) is 0 Å². The van der Waals surface area contributed by atoms with Crippen LogP contribution in [0.15, 0.2) is 0 Å². The van der Waals surface area contributed by atoms with E-state index in [0.29, 0.717) is 6.54 Å². The van der Waals surface area contributed by atoms with Gasteiger partial charge in [-0.2, -0.15) is 5.06 Å². The Morgan fingerprint density at radius 2 is 2.07 bits per heavy atom. The third-order valence-electron chi connectivity index (χ3n) is 2.38. The largest absolute Gasteiger partial charge is 0.395 e. The molecule has 0 saturated carbocycles. The van der Waals surface area contributed by atoms with E-state index >= 15 is 0 Å². The molecule has 84 valence electrons. The van der Waals surface area contributed by atoms with Gasteiger partial charge in [0.25, 0.3) is 0 Å². The van der Waals surface area contributed by atoms with Crippen LogP contribution in [-0.2, 0) is 9.57 Å². The van der Waals surface area contributed by atoms with Gasteiger partial charge in [0.1, 0.15) is 0 Å². The SMILES string of the molecule is CON(CCO)CCN1CCOCC1. The Hall–Kier alpha value is -0.200. The van der Waals surface area contributed by atoms with E-state index in [9.17, 15) is 0 Å². The second-order valence-corrected chi connectivity index (χ2v) is 3.29. The predicted molar refractivity (Wildman–Crippen MR) is 52.9 cm³/mol. The molecular weight excluding hydrogens is 184 g/mol. The van der Waals surface area contributed by atoms with Gasteiger partial charge in [0.05, 0.1) is 26.9 Å². The molecule has 1 aliphatic rings. The number of morpholine rings is 1. The number of hydrogen-bond acceptors (Lipinski definition) is 5. The van der Waals surface area contributed by atoms with Crippen LogP contribution in [0.1, 0.15) is 0 Å². The molecule has 1 fully saturated rings. The number of hydrogen-bond donors (Lipinski definition) is 1. The van der Waals surface area contributed by atoms with Crippen molar-refractivity contribution in [1.29, 1.82) is 0 Å². The van der Waals surface area contributed by atoms with Crippen molar-refractivity contribution in [3.63, 3.8) is 0 Å². The zero-order valence-corrected chi connectivity index (χ0v) is 8.81. The monoisotopic (exact) mass is 204 g/mol. The Bertz CT molecular complexity index is 135. The van der Waals surface area contributed by atoms with Crippen LogP contribution in [0.25, 0.3) is 0 Å². The van der Waals surface area contributed by atoms with Gasteiger partial charge in [-0.15, -0.1) is 0 Å². The summed E-state index contributed by atoms with van der Waals surface area (Å²) in [5.74, 6) is 0. The molecule has 0 bridgehead atoms. The molecule has 0 spiro atoms. The van der Waals surface area contributed by atoms with Gasteiger partial charge in [-0.1, -0.05) is 0 Å². The van der Waals surface area contributed by atoms with Crippen molar-refractivity contribution in [3.05, 3.63) is 0 Å². The van der Waals surface area contributed by atoms with E-state index in [2.05, 4.69) is 4.90 Å². The van der Waals surface area contributed by atoms with Crippen molar-refractivity contribution in [1.82, 2.24) is 9.96 Å². The molecule has 0 aromatic rings. The van der Waals surface area contributed by atoms with Crippen LogP contribution in [0.5, 0.6) is 0 Å². The Morgan fingerprint density at radius 1 is 1.36 bits per heavy atom. The van der Waals surface area contributed by atoms with E-state index < -0.39 is 0 Å². The summed E-state index contributed by atoms with van der Waals surface area (Å²) in [5.41, 5.74) is 0. The first-order valence-electron chi connectivity index (χ1n) is 5.07. The van der Waals surface area contributed by atoms with Crippen LogP contribution in [0, 0.1) is 0 Å². The average molecular weight is 204 g/mol. The number of aliphatic hydroxyl groups is 1. The van der Waals surface area contributed by atoms with Gasteiger partial charge in [0, 0.05) is 32.7 Å². The first-order valence-corrected chi connectivity index (χ1v) is 5.07. The van der Waals surface area contributed by atoms with Crippen molar-refractivity contribution < 1.29 is 14.7 Å². The summed E-state index contributed by atoms with van der Waals surface area (Å²) in [7, 11) is 1.63. The Balaban J connectivity index is 2.10. The number of nitrogens with zero attached hydrogens (tertiary/aromatic N) is 2. The number of hydroxylamine groups is 2. The maximum absolute atomic E-state index is 8.75. The quantitative estimate of drug-likeness (QED) is 0.572. The minimum absolute atomic E-state index is 0.136. The second kappa shape index (κ2) is 7.14. The zero-order chi connectivity index (χ0) is 10.2. The second-order valence-electron chi connectivity index (χ2n) is 3.29. The molecular formula is C9H20N2O3. The van der Waals surface area contributed by atoms with E-state index in [4.69, 9.17) is 14.7 Å². The molecule has 1 heterocycles.